The van der Waals surface area contributed by atoms with Crippen LogP contribution in [-0.2, 0) is 16.0 Å². The van der Waals surface area contributed by atoms with Crippen molar-refractivity contribution in [2.24, 2.45) is 0 Å². The molecule has 0 spiro atoms. The van der Waals surface area contributed by atoms with Crippen LogP contribution in [-0.4, -0.2) is 66.6 Å². The molecule has 1 aromatic carbocycles. The molecule has 120 valence electrons. The quantitative estimate of drug-likeness (QED) is 0.873. The lowest BCUT2D eigenvalue weighted by Gasteiger charge is -2.22. The van der Waals surface area contributed by atoms with Gasteiger partial charge in [0.1, 0.15) is 11.8 Å². The van der Waals surface area contributed by atoms with Gasteiger partial charge in [0.25, 0.3) is 0 Å². The fraction of sp³-hybridized carbons (Fsp3) is 0.500. The van der Waals surface area contributed by atoms with Gasteiger partial charge in [-0.25, -0.2) is 4.79 Å². The Labute approximate surface area is 130 Å². The number of rotatable bonds is 5. The Bertz CT molecular complexity index is 559. The molecule has 0 saturated carbocycles. The second-order valence-corrected chi connectivity index (χ2v) is 5.74. The number of carbonyl (C=O) groups is 2. The minimum absolute atomic E-state index is 0.0720. The number of likely N-dealkylation sites (N-methyl/N-ethyl adjacent to an activating group) is 1. The number of carboxylic acid groups (broad SMARTS) is 1. The number of methoxy groups -OCH3 is 1. The molecular formula is C16H22N2O4. The standard InChI is InChI=1S/C16H22N2O4/c1-17(2)12-9-13(16(20)21)18(10-12)15(19)8-11-6-4-5-7-14(11)22-3/h4-7,12-13H,8-10H2,1-3H3,(H,20,21)/t12-,13+/m1/s1. The monoisotopic (exact) mass is 306 g/mol. The molecule has 2 rings (SSSR count). The average Bonchev–Trinajstić information content (AvgIpc) is 2.93. The van der Waals surface area contributed by atoms with Crippen molar-refractivity contribution < 1.29 is 19.4 Å². The summed E-state index contributed by atoms with van der Waals surface area (Å²) in [6, 6.07) is 6.62. The Hall–Kier alpha value is -2.08. The number of carbonyl (C=O) groups excluding carboxylic acids is 1. The summed E-state index contributed by atoms with van der Waals surface area (Å²) in [5, 5.41) is 9.36. The number of para-hydroxylation sites is 1. The summed E-state index contributed by atoms with van der Waals surface area (Å²) >= 11 is 0. The molecule has 0 bridgehead atoms. The van der Waals surface area contributed by atoms with Gasteiger partial charge in [-0.2, -0.15) is 0 Å². The molecule has 1 aliphatic heterocycles. The molecule has 1 amide bonds. The summed E-state index contributed by atoms with van der Waals surface area (Å²) in [6.07, 6.45) is 0.605. The third-order valence-corrected chi connectivity index (χ3v) is 4.15. The lowest BCUT2D eigenvalue weighted by atomic mass is 10.1. The zero-order valence-electron chi connectivity index (χ0n) is 13.2. The van der Waals surface area contributed by atoms with Gasteiger partial charge in [0.2, 0.25) is 5.91 Å². The third kappa shape index (κ3) is 3.39. The molecule has 1 fully saturated rings. The van der Waals surface area contributed by atoms with Crippen molar-refractivity contribution in [3.8, 4) is 5.75 Å². The Balaban J connectivity index is 2.15. The van der Waals surface area contributed by atoms with E-state index < -0.39 is 12.0 Å². The van der Waals surface area contributed by atoms with E-state index in [0.717, 1.165) is 5.56 Å². The van der Waals surface area contributed by atoms with Crippen molar-refractivity contribution in [3.05, 3.63) is 29.8 Å². The number of nitrogens with zero attached hydrogens (tertiary/aromatic N) is 2. The van der Waals surface area contributed by atoms with Gasteiger partial charge >= 0.3 is 5.97 Å². The molecule has 6 nitrogen and oxygen atoms in total. The molecule has 1 N–H and O–H groups in total. The Morgan fingerprint density at radius 2 is 2.05 bits per heavy atom. The van der Waals surface area contributed by atoms with Crippen LogP contribution in [0.2, 0.25) is 0 Å². The predicted octanol–water partition coefficient (Wildman–Crippen LogP) is 0.853. The predicted molar refractivity (Wildman–Crippen MR) is 81.9 cm³/mol. The highest BCUT2D eigenvalue weighted by Gasteiger charge is 2.40. The van der Waals surface area contributed by atoms with Crippen LogP contribution in [0, 0.1) is 0 Å². The molecule has 0 unspecified atom stereocenters. The molecule has 1 aromatic rings. The second-order valence-electron chi connectivity index (χ2n) is 5.74. The summed E-state index contributed by atoms with van der Waals surface area (Å²) in [6.45, 7) is 0.442. The smallest absolute Gasteiger partial charge is 0.326 e. The van der Waals surface area contributed by atoms with Crippen LogP contribution >= 0.6 is 0 Å². The lowest BCUT2D eigenvalue weighted by molar-refractivity contribution is -0.148. The SMILES string of the molecule is COc1ccccc1CC(=O)N1C[C@H](N(C)C)C[C@H]1C(=O)O. The van der Waals surface area contributed by atoms with Gasteiger partial charge < -0.3 is 19.6 Å². The Morgan fingerprint density at radius 3 is 2.64 bits per heavy atom. The van der Waals surface area contributed by atoms with E-state index in [1.54, 1.807) is 13.2 Å². The molecule has 1 heterocycles. The van der Waals surface area contributed by atoms with Crippen LogP contribution < -0.4 is 4.74 Å². The van der Waals surface area contributed by atoms with E-state index in [2.05, 4.69) is 0 Å². The van der Waals surface area contributed by atoms with Crippen molar-refractivity contribution in [2.45, 2.75) is 24.9 Å². The van der Waals surface area contributed by atoms with Crippen LogP contribution in [0.4, 0.5) is 0 Å². The fourth-order valence-corrected chi connectivity index (χ4v) is 2.81. The van der Waals surface area contributed by atoms with Gasteiger partial charge in [-0.15, -0.1) is 0 Å². The van der Waals surface area contributed by atoms with Crippen molar-refractivity contribution >= 4 is 11.9 Å². The highest BCUT2D eigenvalue weighted by molar-refractivity contribution is 5.86. The molecule has 2 atom stereocenters. The van der Waals surface area contributed by atoms with E-state index in [9.17, 15) is 14.7 Å². The topological polar surface area (TPSA) is 70.1 Å². The normalized spacial score (nSPS) is 21.2. The zero-order valence-corrected chi connectivity index (χ0v) is 13.2. The largest absolute Gasteiger partial charge is 0.496 e. The van der Waals surface area contributed by atoms with Gasteiger partial charge in [0, 0.05) is 18.2 Å². The average molecular weight is 306 g/mol. The number of carboxylic acids is 1. The van der Waals surface area contributed by atoms with Crippen LogP contribution in [0.1, 0.15) is 12.0 Å². The second kappa shape index (κ2) is 6.79. The minimum Gasteiger partial charge on any atom is -0.496 e. The number of benzene rings is 1. The number of aliphatic carboxylic acids is 1. The zero-order chi connectivity index (χ0) is 16.3. The van der Waals surface area contributed by atoms with Gasteiger partial charge in [0.15, 0.2) is 0 Å². The van der Waals surface area contributed by atoms with Gasteiger partial charge in [-0.3, -0.25) is 4.79 Å². The molecule has 22 heavy (non-hydrogen) atoms. The van der Waals surface area contributed by atoms with E-state index in [1.807, 2.05) is 37.2 Å². The maximum atomic E-state index is 12.6. The summed E-state index contributed by atoms with van der Waals surface area (Å²) < 4.78 is 5.25. The maximum absolute atomic E-state index is 12.6. The maximum Gasteiger partial charge on any atom is 0.326 e. The Kier molecular flexibility index (Phi) is 5.03. The molecule has 0 aromatic heterocycles. The van der Waals surface area contributed by atoms with Crippen LogP contribution in [0.15, 0.2) is 24.3 Å². The van der Waals surface area contributed by atoms with Crippen LogP contribution in [0.3, 0.4) is 0 Å². The highest BCUT2D eigenvalue weighted by atomic mass is 16.5. The number of hydrogen-bond donors (Lipinski definition) is 1. The van der Waals surface area contributed by atoms with E-state index in [-0.39, 0.29) is 18.4 Å². The molecule has 6 heteroatoms. The highest BCUT2D eigenvalue weighted by Crippen LogP contribution is 2.24. The number of likely N-dealkylation sites (tertiary alicyclic amines) is 1. The van der Waals surface area contributed by atoms with E-state index >= 15 is 0 Å². The first-order valence-electron chi connectivity index (χ1n) is 7.24. The van der Waals surface area contributed by atoms with Crippen molar-refractivity contribution in [2.75, 3.05) is 27.7 Å². The summed E-state index contributed by atoms with van der Waals surface area (Å²) in [5.41, 5.74) is 0.771. The first-order valence-corrected chi connectivity index (χ1v) is 7.24. The van der Waals surface area contributed by atoms with Crippen molar-refractivity contribution in [1.82, 2.24) is 9.80 Å². The first-order chi connectivity index (χ1) is 10.4. The van der Waals surface area contributed by atoms with Crippen LogP contribution in [0.5, 0.6) is 5.75 Å². The molecule has 0 radical (unpaired) electrons. The minimum atomic E-state index is -0.947. The van der Waals surface area contributed by atoms with Crippen LogP contribution in [0.25, 0.3) is 0 Å². The van der Waals surface area contributed by atoms with E-state index in [1.165, 1.54) is 4.90 Å². The summed E-state index contributed by atoms with van der Waals surface area (Å²) in [7, 11) is 5.36. The first kappa shape index (κ1) is 16.3. The van der Waals surface area contributed by atoms with Crippen molar-refractivity contribution in [1.29, 1.82) is 0 Å². The number of hydrogen-bond acceptors (Lipinski definition) is 4. The van der Waals surface area contributed by atoms with Gasteiger partial charge in [0.05, 0.1) is 13.5 Å². The lowest BCUT2D eigenvalue weighted by Crippen LogP contribution is -2.41. The molecule has 1 saturated heterocycles. The fourth-order valence-electron chi connectivity index (χ4n) is 2.81. The van der Waals surface area contributed by atoms with Gasteiger partial charge in [-0.1, -0.05) is 18.2 Å². The summed E-state index contributed by atoms with van der Waals surface area (Å²) in [4.78, 5) is 27.4. The Morgan fingerprint density at radius 1 is 1.36 bits per heavy atom. The molecule has 0 aliphatic carbocycles. The van der Waals surface area contributed by atoms with E-state index in [0.29, 0.717) is 18.7 Å². The molecular weight excluding hydrogens is 284 g/mol. The summed E-state index contributed by atoms with van der Waals surface area (Å²) in [5.74, 6) is -0.481. The van der Waals surface area contributed by atoms with Gasteiger partial charge in [-0.05, 0) is 26.6 Å². The number of amides is 1. The third-order valence-electron chi connectivity index (χ3n) is 4.15. The van der Waals surface area contributed by atoms with Crippen molar-refractivity contribution in [3.63, 3.8) is 0 Å². The number of ether oxygens (including phenoxy) is 1. The molecule has 1 aliphatic rings. The van der Waals surface area contributed by atoms with E-state index in [4.69, 9.17) is 4.74 Å².